The molecule has 2 aromatic rings. The first kappa shape index (κ1) is 15.8. The topological polar surface area (TPSA) is 65.2 Å². The molecule has 0 radical (unpaired) electrons. The van der Waals surface area contributed by atoms with Crippen molar-refractivity contribution in [1.82, 2.24) is 4.98 Å². The highest BCUT2D eigenvalue weighted by molar-refractivity contribution is 5.92. The predicted octanol–water partition coefficient (Wildman–Crippen LogP) is 3.53. The minimum absolute atomic E-state index is 0.0403. The smallest absolute Gasteiger partial charge is 0.417 e. The number of hydrogen-bond acceptors (Lipinski definition) is 4. The van der Waals surface area contributed by atoms with Crippen LogP contribution in [-0.2, 0) is 10.9 Å². The summed E-state index contributed by atoms with van der Waals surface area (Å²) in [4.78, 5) is 15.5. The van der Waals surface area contributed by atoms with Gasteiger partial charge in [0, 0.05) is 11.8 Å². The lowest BCUT2D eigenvalue weighted by molar-refractivity contribution is -0.137. The number of pyridine rings is 1. The van der Waals surface area contributed by atoms with Gasteiger partial charge in [0.05, 0.1) is 17.7 Å². The van der Waals surface area contributed by atoms with E-state index in [1.165, 1.54) is 30.5 Å². The zero-order valence-corrected chi connectivity index (χ0v) is 11.6. The van der Waals surface area contributed by atoms with E-state index < -0.39 is 17.7 Å². The number of carbonyl (C=O) groups excluding carboxylic acids is 1. The van der Waals surface area contributed by atoms with Crippen molar-refractivity contribution in [2.75, 3.05) is 12.3 Å². The van der Waals surface area contributed by atoms with E-state index in [4.69, 9.17) is 10.5 Å². The molecular weight excluding hydrogens is 297 g/mol. The van der Waals surface area contributed by atoms with E-state index in [1.54, 1.807) is 6.92 Å². The fourth-order valence-electron chi connectivity index (χ4n) is 1.98. The molecule has 0 aliphatic heterocycles. The molecule has 0 spiro atoms. The summed E-state index contributed by atoms with van der Waals surface area (Å²) in [5.74, 6) is -0.759. The highest BCUT2D eigenvalue weighted by Crippen LogP contribution is 2.38. The molecule has 0 aliphatic rings. The fourth-order valence-corrected chi connectivity index (χ4v) is 1.98. The normalized spacial score (nSPS) is 11.3. The molecule has 0 amide bonds. The molecule has 0 saturated heterocycles. The zero-order valence-electron chi connectivity index (χ0n) is 11.6. The van der Waals surface area contributed by atoms with Crippen LogP contribution in [0.5, 0.6) is 0 Å². The maximum Gasteiger partial charge on any atom is 0.417 e. The zero-order chi connectivity index (χ0) is 16.3. The number of alkyl halides is 3. The minimum atomic E-state index is -4.54. The van der Waals surface area contributed by atoms with Crippen molar-refractivity contribution in [3.8, 4) is 11.1 Å². The van der Waals surface area contributed by atoms with Crippen molar-refractivity contribution in [2.45, 2.75) is 13.1 Å². The van der Waals surface area contributed by atoms with Gasteiger partial charge in [-0.1, -0.05) is 18.2 Å². The second-order valence-electron chi connectivity index (χ2n) is 4.42. The summed E-state index contributed by atoms with van der Waals surface area (Å²) in [6, 6.07) is 6.23. The van der Waals surface area contributed by atoms with E-state index in [0.29, 0.717) is 0 Å². The van der Waals surface area contributed by atoms with Crippen LogP contribution in [0.1, 0.15) is 22.8 Å². The number of ether oxygens (including phenoxy) is 1. The molecule has 2 N–H and O–H groups in total. The number of nitrogen functional groups attached to an aromatic ring is 1. The van der Waals surface area contributed by atoms with E-state index in [9.17, 15) is 18.0 Å². The van der Waals surface area contributed by atoms with E-state index in [-0.39, 0.29) is 29.1 Å². The molecule has 1 aromatic heterocycles. The Morgan fingerprint density at radius 1 is 1.27 bits per heavy atom. The number of benzene rings is 1. The third-order valence-electron chi connectivity index (χ3n) is 2.95. The molecule has 0 bridgehead atoms. The van der Waals surface area contributed by atoms with Crippen LogP contribution >= 0.6 is 0 Å². The van der Waals surface area contributed by atoms with Crippen molar-refractivity contribution in [1.29, 1.82) is 0 Å². The summed E-state index contributed by atoms with van der Waals surface area (Å²) >= 11 is 0. The van der Waals surface area contributed by atoms with E-state index >= 15 is 0 Å². The van der Waals surface area contributed by atoms with E-state index in [1.807, 2.05) is 0 Å². The van der Waals surface area contributed by atoms with Gasteiger partial charge >= 0.3 is 12.1 Å². The van der Waals surface area contributed by atoms with Crippen LogP contribution in [0.3, 0.4) is 0 Å². The number of nitrogens with two attached hydrogens (primary N) is 1. The molecule has 1 aromatic carbocycles. The number of aromatic nitrogens is 1. The third-order valence-corrected chi connectivity index (χ3v) is 2.95. The van der Waals surface area contributed by atoms with Crippen LogP contribution in [0.15, 0.2) is 36.5 Å². The molecule has 22 heavy (non-hydrogen) atoms. The molecule has 116 valence electrons. The Morgan fingerprint density at radius 3 is 2.59 bits per heavy atom. The van der Waals surface area contributed by atoms with Gasteiger partial charge in [0.2, 0.25) is 0 Å². The molecule has 1 heterocycles. The average molecular weight is 310 g/mol. The Morgan fingerprint density at radius 2 is 1.95 bits per heavy atom. The van der Waals surface area contributed by atoms with Gasteiger partial charge in [-0.3, -0.25) is 0 Å². The molecule has 0 saturated carbocycles. The second kappa shape index (κ2) is 6.05. The Kier molecular flexibility index (Phi) is 4.35. The number of carbonyl (C=O) groups is 1. The first-order chi connectivity index (χ1) is 10.3. The molecule has 0 aliphatic carbocycles. The summed E-state index contributed by atoms with van der Waals surface area (Å²) in [7, 11) is 0. The minimum Gasteiger partial charge on any atom is -0.462 e. The van der Waals surface area contributed by atoms with E-state index in [2.05, 4.69) is 4.98 Å². The SMILES string of the molecule is CCOC(=O)c1cnc(N)c(-c2ccccc2C(F)(F)F)c1. The predicted molar refractivity (Wildman–Crippen MR) is 75.0 cm³/mol. The number of hydrogen-bond donors (Lipinski definition) is 1. The van der Waals surface area contributed by atoms with Gasteiger partial charge in [0.1, 0.15) is 5.82 Å². The number of rotatable bonds is 3. The maximum atomic E-state index is 13.1. The van der Waals surface area contributed by atoms with Gasteiger partial charge in [-0.05, 0) is 24.6 Å². The number of nitrogens with zero attached hydrogens (tertiary/aromatic N) is 1. The Balaban J connectivity index is 2.58. The molecule has 0 unspecified atom stereocenters. The van der Waals surface area contributed by atoms with Gasteiger partial charge in [0.15, 0.2) is 0 Å². The number of anilines is 1. The average Bonchev–Trinajstić information content (AvgIpc) is 2.47. The van der Waals surface area contributed by atoms with Crippen molar-refractivity contribution in [3.63, 3.8) is 0 Å². The summed E-state index contributed by atoms with van der Waals surface area (Å²) < 4.78 is 44.1. The Labute approximate surface area is 124 Å². The van der Waals surface area contributed by atoms with Gasteiger partial charge in [0.25, 0.3) is 0 Å². The third kappa shape index (κ3) is 3.19. The molecule has 7 heteroatoms. The Bertz CT molecular complexity index is 699. The number of esters is 1. The molecule has 0 fully saturated rings. The summed E-state index contributed by atoms with van der Waals surface area (Å²) in [5, 5.41) is 0. The van der Waals surface area contributed by atoms with Gasteiger partial charge in [-0.2, -0.15) is 13.2 Å². The van der Waals surface area contributed by atoms with Crippen molar-refractivity contribution in [2.24, 2.45) is 0 Å². The second-order valence-corrected chi connectivity index (χ2v) is 4.42. The fraction of sp³-hybridized carbons (Fsp3) is 0.200. The standard InChI is InChI=1S/C15H13F3N2O2/c1-2-22-14(21)9-7-11(13(19)20-8-9)10-5-3-4-6-12(10)15(16,17)18/h3-8H,2H2,1H3,(H2,19,20). The number of halogens is 3. The largest absolute Gasteiger partial charge is 0.462 e. The van der Waals surface area contributed by atoms with Crippen molar-refractivity contribution < 1.29 is 22.7 Å². The van der Waals surface area contributed by atoms with Crippen LogP contribution < -0.4 is 5.73 Å². The van der Waals surface area contributed by atoms with Crippen LogP contribution in [0.4, 0.5) is 19.0 Å². The quantitative estimate of drug-likeness (QED) is 0.881. The lowest BCUT2D eigenvalue weighted by Crippen LogP contribution is -2.10. The lowest BCUT2D eigenvalue weighted by Gasteiger charge is -2.14. The lowest BCUT2D eigenvalue weighted by atomic mass is 9.98. The maximum absolute atomic E-state index is 13.1. The van der Waals surface area contributed by atoms with Crippen LogP contribution in [0.25, 0.3) is 11.1 Å². The van der Waals surface area contributed by atoms with Crippen LogP contribution in [0, 0.1) is 0 Å². The summed E-state index contributed by atoms with van der Waals surface area (Å²) in [6.07, 6.45) is -3.37. The highest BCUT2D eigenvalue weighted by atomic mass is 19.4. The highest BCUT2D eigenvalue weighted by Gasteiger charge is 2.34. The van der Waals surface area contributed by atoms with Gasteiger partial charge in [-0.25, -0.2) is 9.78 Å². The van der Waals surface area contributed by atoms with E-state index in [0.717, 1.165) is 6.07 Å². The first-order valence-corrected chi connectivity index (χ1v) is 6.43. The summed E-state index contributed by atoms with van der Waals surface area (Å²) in [6.45, 7) is 1.78. The molecule has 2 rings (SSSR count). The van der Waals surface area contributed by atoms with Gasteiger partial charge < -0.3 is 10.5 Å². The van der Waals surface area contributed by atoms with Crippen molar-refractivity contribution >= 4 is 11.8 Å². The van der Waals surface area contributed by atoms with Gasteiger partial charge in [-0.15, -0.1) is 0 Å². The first-order valence-electron chi connectivity index (χ1n) is 6.43. The molecule has 0 atom stereocenters. The summed E-state index contributed by atoms with van der Waals surface area (Å²) in [5.41, 5.74) is 4.79. The van der Waals surface area contributed by atoms with Crippen molar-refractivity contribution in [3.05, 3.63) is 47.7 Å². The van der Waals surface area contributed by atoms with Crippen LogP contribution in [0.2, 0.25) is 0 Å². The molecular formula is C15H13F3N2O2. The van der Waals surface area contributed by atoms with Crippen LogP contribution in [-0.4, -0.2) is 17.6 Å². The Hall–Kier alpha value is -2.57. The monoisotopic (exact) mass is 310 g/mol. The molecule has 4 nitrogen and oxygen atoms in total.